The van der Waals surface area contributed by atoms with E-state index in [0.29, 0.717) is 11.5 Å². The smallest absolute Gasteiger partial charge is 0.321 e. The van der Waals surface area contributed by atoms with Crippen molar-refractivity contribution in [3.8, 4) is 5.75 Å². The standard InChI is InChI=1S/C11H15NO3S/c1-15-10-5-3-2-4-8(10)6-16-7-9(12)11(13)14/h2-5,9H,6-7,12H2,1H3,(H,13,14)/t9-/m0/s1. The summed E-state index contributed by atoms with van der Waals surface area (Å²) < 4.78 is 5.19. The van der Waals surface area contributed by atoms with Crippen LogP contribution in [0.15, 0.2) is 24.3 Å². The number of carboxylic acid groups (broad SMARTS) is 1. The minimum atomic E-state index is -0.965. The number of aliphatic carboxylic acids is 1. The Balaban J connectivity index is 2.45. The third-order valence-corrected chi connectivity index (χ3v) is 3.17. The minimum Gasteiger partial charge on any atom is -0.496 e. The van der Waals surface area contributed by atoms with Gasteiger partial charge in [-0.1, -0.05) is 18.2 Å². The Bertz CT molecular complexity index is 357. The van der Waals surface area contributed by atoms with Crippen molar-refractivity contribution in [3.63, 3.8) is 0 Å². The molecule has 0 saturated heterocycles. The van der Waals surface area contributed by atoms with Crippen molar-refractivity contribution in [2.24, 2.45) is 5.73 Å². The number of thioether (sulfide) groups is 1. The Labute approximate surface area is 98.8 Å². The van der Waals surface area contributed by atoms with Crippen LogP contribution in [0, 0.1) is 0 Å². The van der Waals surface area contributed by atoms with E-state index in [-0.39, 0.29) is 0 Å². The van der Waals surface area contributed by atoms with Gasteiger partial charge in [-0.3, -0.25) is 4.79 Å². The van der Waals surface area contributed by atoms with Crippen LogP contribution in [-0.4, -0.2) is 30.0 Å². The number of hydrogen-bond donors (Lipinski definition) is 2. The normalized spacial score (nSPS) is 12.1. The van der Waals surface area contributed by atoms with E-state index in [1.54, 1.807) is 7.11 Å². The van der Waals surface area contributed by atoms with E-state index < -0.39 is 12.0 Å². The average molecular weight is 241 g/mol. The lowest BCUT2D eigenvalue weighted by atomic mass is 10.2. The fraction of sp³-hybridized carbons (Fsp3) is 0.364. The molecule has 0 unspecified atom stereocenters. The second-order valence-electron chi connectivity index (χ2n) is 3.27. The van der Waals surface area contributed by atoms with Crippen LogP contribution in [0.25, 0.3) is 0 Å². The molecule has 3 N–H and O–H groups in total. The number of methoxy groups -OCH3 is 1. The molecule has 0 aliphatic heterocycles. The zero-order chi connectivity index (χ0) is 12.0. The highest BCUT2D eigenvalue weighted by Gasteiger charge is 2.11. The first-order chi connectivity index (χ1) is 7.65. The molecule has 0 bridgehead atoms. The summed E-state index contributed by atoms with van der Waals surface area (Å²) in [5, 5.41) is 8.62. The van der Waals surface area contributed by atoms with Crippen molar-refractivity contribution in [2.75, 3.05) is 12.9 Å². The summed E-state index contributed by atoms with van der Waals surface area (Å²) in [5.74, 6) is 0.949. The molecule has 4 nitrogen and oxygen atoms in total. The summed E-state index contributed by atoms with van der Waals surface area (Å²) >= 11 is 1.49. The van der Waals surface area contributed by atoms with Crippen molar-refractivity contribution in [1.29, 1.82) is 0 Å². The Hall–Kier alpha value is -1.20. The van der Waals surface area contributed by atoms with Gasteiger partial charge in [0.2, 0.25) is 0 Å². The van der Waals surface area contributed by atoms with Gasteiger partial charge in [-0.2, -0.15) is 11.8 Å². The molecule has 1 rings (SSSR count). The van der Waals surface area contributed by atoms with E-state index in [4.69, 9.17) is 15.6 Å². The van der Waals surface area contributed by atoms with Crippen LogP contribution < -0.4 is 10.5 Å². The van der Waals surface area contributed by atoms with E-state index in [9.17, 15) is 4.79 Å². The lowest BCUT2D eigenvalue weighted by molar-refractivity contribution is -0.137. The lowest BCUT2D eigenvalue weighted by Gasteiger charge is -2.09. The van der Waals surface area contributed by atoms with Gasteiger partial charge in [0, 0.05) is 17.1 Å². The Morgan fingerprint density at radius 3 is 2.88 bits per heavy atom. The molecular formula is C11H15NO3S. The minimum absolute atomic E-state index is 0.396. The van der Waals surface area contributed by atoms with Crippen LogP contribution in [0.2, 0.25) is 0 Å². The number of rotatable bonds is 6. The van der Waals surface area contributed by atoms with E-state index in [2.05, 4.69) is 0 Å². The fourth-order valence-electron chi connectivity index (χ4n) is 1.19. The predicted octanol–water partition coefficient (Wildman–Crippen LogP) is 1.34. The number of hydrogen-bond acceptors (Lipinski definition) is 4. The number of carboxylic acids is 1. The van der Waals surface area contributed by atoms with Crippen LogP contribution in [0.4, 0.5) is 0 Å². The van der Waals surface area contributed by atoms with Gasteiger partial charge in [0.15, 0.2) is 0 Å². The fourth-order valence-corrected chi connectivity index (χ4v) is 2.16. The van der Waals surface area contributed by atoms with Gasteiger partial charge in [-0.25, -0.2) is 0 Å². The second-order valence-corrected chi connectivity index (χ2v) is 4.30. The summed E-state index contributed by atoms with van der Waals surface area (Å²) in [6.07, 6.45) is 0. The molecule has 88 valence electrons. The Morgan fingerprint density at radius 1 is 1.56 bits per heavy atom. The number of para-hydroxylation sites is 1. The van der Waals surface area contributed by atoms with Crippen molar-refractivity contribution < 1.29 is 14.6 Å². The van der Waals surface area contributed by atoms with Crippen LogP contribution in [-0.2, 0) is 10.5 Å². The van der Waals surface area contributed by atoms with Crippen LogP contribution in [0.3, 0.4) is 0 Å². The van der Waals surface area contributed by atoms with E-state index in [1.165, 1.54) is 11.8 Å². The van der Waals surface area contributed by atoms with Crippen molar-refractivity contribution >= 4 is 17.7 Å². The molecule has 0 fully saturated rings. The zero-order valence-electron chi connectivity index (χ0n) is 9.05. The lowest BCUT2D eigenvalue weighted by Crippen LogP contribution is -2.32. The number of carbonyl (C=O) groups is 1. The number of ether oxygens (including phenoxy) is 1. The van der Waals surface area contributed by atoms with Gasteiger partial charge in [0.05, 0.1) is 7.11 Å². The summed E-state index contributed by atoms with van der Waals surface area (Å²) in [7, 11) is 1.62. The van der Waals surface area contributed by atoms with E-state index in [1.807, 2.05) is 24.3 Å². The highest BCUT2D eigenvalue weighted by Crippen LogP contribution is 2.22. The molecular weight excluding hydrogens is 226 g/mol. The Kier molecular flexibility index (Phi) is 5.14. The van der Waals surface area contributed by atoms with Crippen molar-refractivity contribution in [3.05, 3.63) is 29.8 Å². The number of nitrogens with two attached hydrogens (primary N) is 1. The second kappa shape index (κ2) is 6.40. The molecule has 0 heterocycles. The predicted molar refractivity (Wildman–Crippen MR) is 64.8 cm³/mol. The summed E-state index contributed by atoms with van der Waals surface area (Å²) in [5.41, 5.74) is 6.45. The maximum atomic E-state index is 10.5. The zero-order valence-corrected chi connectivity index (χ0v) is 9.87. The quantitative estimate of drug-likeness (QED) is 0.786. The molecule has 1 aromatic rings. The van der Waals surface area contributed by atoms with Crippen LogP contribution in [0.5, 0.6) is 5.75 Å². The largest absolute Gasteiger partial charge is 0.496 e. The van der Waals surface area contributed by atoms with Crippen LogP contribution in [0.1, 0.15) is 5.56 Å². The van der Waals surface area contributed by atoms with Crippen molar-refractivity contribution in [1.82, 2.24) is 0 Å². The molecule has 0 radical (unpaired) electrons. The van der Waals surface area contributed by atoms with Gasteiger partial charge in [-0.15, -0.1) is 0 Å². The third-order valence-electron chi connectivity index (χ3n) is 2.06. The monoisotopic (exact) mass is 241 g/mol. The molecule has 5 heteroatoms. The van der Waals surface area contributed by atoms with E-state index >= 15 is 0 Å². The molecule has 16 heavy (non-hydrogen) atoms. The SMILES string of the molecule is COc1ccccc1CSC[C@H](N)C(=O)O. The molecule has 0 saturated carbocycles. The summed E-state index contributed by atoms with van der Waals surface area (Å²) in [6.45, 7) is 0. The molecule has 0 aliphatic rings. The summed E-state index contributed by atoms with van der Waals surface area (Å²) in [4.78, 5) is 10.5. The Morgan fingerprint density at radius 2 is 2.25 bits per heavy atom. The summed E-state index contributed by atoms with van der Waals surface area (Å²) in [6, 6.07) is 6.86. The van der Waals surface area contributed by atoms with Gasteiger partial charge in [0.25, 0.3) is 0 Å². The van der Waals surface area contributed by atoms with E-state index in [0.717, 1.165) is 11.3 Å². The average Bonchev–Trinajstić information content (AvgIpc) is 2.29. The van der Waals surface area contributed by atoms with Gasteiger partial charge in [-0.05, 0) is 6.07 Å². The number of benzene rings is 1. The maximum absolute atomic E-state index is 10.5. The van der Waals surface area contributed by atoms with Crippen LogP contribution >= 0.6 is 11.8 Å². The molecule has 0 amide bonds. The van der Waals surface area contributed by atoms with Crippen molar-refractivity contribution in [2.45, 2.75) is 11.8 Å². The highest BCUT2D eigenvalue weighted by molar-refractivity contribution is 7.98. The topological polar surface area (TPSA) is 72.5 Å². The maximum Gasteiger partial charge on any atom is 0.321 e. The van der Waals surface area contributed by atoms with Gasteiger partial charge < -0.3 is 15.6 Å². The molecule has 0 aliphatic carbocycles. The third kappa shape index (κ3) is 3.75. The van der Waals surface area contributed by atoms with Gasteiger partial charge >= 0.3 is 5.97 Å². The highest BCUT2D eigenvalue weighted by atomic mass is 32.2. The molecule has 0 aromatic heterocycles. The molecule has 1 atom stereocenters. The molecule has 0 spiro atoms. The first kappa shape index (κ1) is 12.9. The molecule has 1 aromatic carbocycles. The first-order valence-electron chi connectivity index (χ1n) is 4.83. The first-order valence-corrected chi connectivity index (χ1v) is 5.98. The van der Waals surface area contributed by atoms with Gasteiger partial charge in [0.1, 0.15) is 11.8 Å².